The monoisotopic (exact) mass is 282 g/mol. The van der Waals surface area contributed by atoms with E-state index < -0.39 is 21.0 Å². The van der Waals surface area contributed by atoms with Crippen LogP contribution in [-0.4, -0.2) is 32.4 Å². The second-order valence-corrected chi connectivity index (χ2v) is 7.23. The van der Waals surface area contributed by atoms with Gasteiger partial charge in [-0.05, 0) is 43.5 Å². The van der Waals surface area contributed by atoms with Crippen molar-refractivity contribution in [1.82, 2.24) is 0 Å². The lowest BCUT2D eigenvalue weighted by Gasteiger charge is -2.19. The number of hydrogen-bond acceptors (Lipinski definition) is 4. The molecule has 1 atom stereocenters. The number of rotatable bonds is 3. The average Bonchev–Trinajstić information content (AvgIpc) is 2.36. The average molecular weight is 282 g/mol. The quantitative estimate of drug-likeness (QED) is 0.879. The molecule has 0 aliphatic carbocycles. The van der Waals surface area contributed by atoms with Crippen LogP contribution in [0.2, 0.25) is 0 Å². The molecule has 1 unspecified atom stereocenters. The number of aryl methyl sites for hydroxylation is 1. The van der Waals surface area contributed by atoms with Crippen molar-refractivity contribution < 1.29 is 13.2 Å². The Kier molecular flexibility index (Phi) is 3.80. The summed E-state index contributed by atoms with van der Waals surface area (Å²) in [5.41, 5.74) is 2.87. The Labute approximate surface area is 113 Å². The van der Waals surface area contributed by atoms with Gasteiger partial charge in [-0.2, -0.15) is 0 Å². The third-order valence-corrected chi connectivity index (χ3v) is 4.82. The van der Waals surface area contributed by atoms with Crippen molar-refractivity contribution in [2.45, 2.75) is 25.0 Å². The zero-order valence-electron chi connectivity index (χ0n) is 11.1. The van der Waals surface area contributed by atoms with E-state index in [1.807, 2.05) is 12.1 Å². The zero-order chi connectivity index (χ0) is 14.0. The van der Waals surface area contributed by atoms with Gasteiger partial charge in [0.15, 0.2) is 9.84 Å². The van der Waals surface area contributed by atoms with Crippen LogP contribution in [0.3, 0.4) is 0 Å². The van der Waals surface area contributed by atoms with E-state index in [0.29, 0.717) is 5.69 Å². The third-order valence-electron chi connectivity index (χ3n) is 3.32. The predicted octanol–water partition coefficient (Wildman–Crippen LogP) is 1.42. The van der Waals surface area contributed by atoms with Gasteiger partial charge in [0, 0.05) is 24.2 Å². The summed E-state index contributed by atoms with van der Waals surface area (Å²) in [6.07, 6.45) is 3.09. The Balaban J connectivity index is 2.14. The fraction of sp³-hybridized carbons (Fsp3) is 0.462. The van der Waals surface area contributed by atoms with Gasteiger partial charge in [-0.25, -0.2) is 8.42 Å². The molecule has 0 saturated carbocycles. The molecule has 0 aromatic heterocycles. The summed E-state index contributed by atoms with van der Waals surface area (Å²) < 4.78 is 22.6. The minimum absolute atomic E-state index is 0.494. The second kappa shape index (κ2) is 5.21. The largest absolute Gasteiger partial charge is 0.385 e. The molecular weight excluding hydrogens is 264 g/mol. The van der Waals surface area contributed by atoms with Crippen molar-refractivity contribution in [1.29, 1.82) is 0 Å². The number of hydrogen-bond donors (Lipinski definition) is 2. The molecule has 1 aliphatic heterocycles. The van der Waals surface area contributed by atoms with Gasteiger partial charge in [-0.15, -0.1) is 0 Å². The maximum atomic E-state index is 11.8. The van der Waals surface area contributed by atoms with Crippen LogP contribution >= 0.6 is 0 Å². The van der Waals surface area contributed by atoms with Gasteiger partial charge in [0.1, 0.15) is 5.25 Å². The predicted molar refractivity (Wildman–Crippen MR) is 76.2 cm³/mol. The third kappa shape index (κ3) is 3.26. The van der Waals surface area contributed by atoms with Gasteiger partial charge >= 0.3 is 0 Å². The molecule has 104 valence electrons. The maximum Gasteiger partial charge on any atom is 0.242 e. The first kappa shape index (κ1) is 13.9. The number of sulfone groups is 1. The molecule has 0 radical (unpaired) electrons. The molecule has 2 N–H and O–H groups in total. The Bertz CT molecular complexity index is 596. The van der Waals surface area contributed by atoms with E-state index in [9.17, 15) is 13.2 Å². The number of carbonyl (C=O) groups is 1. The van der Waals surface area contributed by atoms with Crippen molar-refractivity contribution in [2.24, 2.45) is 0 Å². The van der Waals surface area contributed by atoms with E-state index in [0.717, 1.165) is 36.9 Å². The molecular formula is C13H18N2O3S. The smallest absolute Gasteiger partial charge is 0.242 e. The normalized spacial score (nSPS) is 16.1. The summed E-state index contributed by atoms with van der Waals surface area (Å²) in [4.78, 5) is 11.8. The highest BCUT2D eigenvalue weighted by atomic mass is 32.2. The molecule has 19 heavy (non-hydrogen) atoms. The molecule has 1 aromatic carbocycles. The Hall–Kier alpha value is -1.56. The van der Waals surface area contributed by atoms with Gasteiger partial charge in [0.25, 0.3) is 0 Å². The van der Waals surface area contributed by atoms with Crippen LogP contribution in [0.5, 0.6) is 0 Å². The fourth-order valence-electron chi connectivity index (χ4n) is 1.99. The van der Waals surface area contributed by atoms with Crippen LogP contribution < -0.4 is 10.6 Å². The number of anilines is 2. The molecule has 1 heterocycles. The van der Waals surface area contributed by atoms with E-state index in [4.69, 9.17) is 0 Å². The topological polar surface area (TPSA) is 75.3 Å². The number of amides is 1. The minimum Gasteiger partial charge on any atom is -0.385 e. The number of benzene rings is 1. The number of nitrogens with one attached hydrogen (secondary N) is 2. The minimum atomic E-state index is -3.36. The second-order valence-electron chi connectivity index (χ2n) is 4.86. The first-order valence-electron chi connectivity index (χ1n) is 6.24. The van der Waals surface area contributed by atoms with Gasteiger partial charge < -0.3 is 10.6 Å². The standard InChI is InChI=1S/C13H18N2O3S/c1-9(19(2,17)18)13(16)15-11-5-6-12-10(8-11)4-3-7-14-12/h5-6,8-9,14H,3-4,7H2,1-2H3,(H,15,16). The maximum absolute atomic E-state index is 11.8. The van der Waals surface area contributed by atoms with E-state index in [-0.39, 0.29) is 0 Å². The van der Waals surface area contributed by atoms with Crippen molar-refractivity contribution >= 4 is 27.1 Å². The molecule has 0 bridgehead atoms. The van der Waals surface area contributed by atoms with Crippen molar-refractivity contribution in [3.63, 3.8) is 0 Å². The molecule has 5 nitrogen and oxygen atoms in total. The first-order chi connectivity index (χ1) is 8.88. The summed E-state index contributed by atoms with van der Waals surface area (Å²) in [6, 6.07) is 5.59. The van der Waals surface area contributed by atoms with Crippen LogP contribution in [0.1, 0.15) is 18.9 Å². The summed E-state index contributed by atoms with van der Waals surface area (Å²) >= 11 is 0. The summed E-state index contributed by atoms with van der Waals surface area (Å²) in [7, 11) is -3.36. The molecule has 0 fully saturated rings. The molecule has 6 heteroatoms. The highest BCUT2D eigenvalue weighted by molar-refractivity contribution is 7.92. The fourth-order valence-corrected chi connectivity index (χ4v) is 2.44. The van der Waals surface area contributed by atoms with Crippen LogP contribution in [0.25, 0.3) is 0 Å². The van der Waals surface area contributed by atoms with Crippen LogP contribution in [0.4, 0.5) is 11.4 Å². The van der Waals surface area contributed by atoms with Gasteiger partial charge in [0.2, 0.25) is 5.91 Å². The number of fused-ring (bicyclic) bond motifs is 1. The van der Waals surface area contributed by atoms with Crippen LogP contribution in [-0.2, 0) is 21.1 Å². The molecule has 0 spiro atoms. The van der Waals surface area contributed by atoms with Gasteiger partial charge in [0.05, 0.1) is 0 Å². The zero-order valence-corrected chi connectivity index (χ0v) is 11.9. The lowest BCUT2D eigenvalue weighted by Crippen LogP contribution is -2.31. The molecule has 0 saturated heterocycles. The SMILES string of the molecule is CC(C(=O)Nc1ccc2c(c1)CCCN2)S(C)(=O)=O. The first-order valence-corrected chi connectivity index (χ1v) is 8.20. The lowest BCUT2D eigenvalue weighted by molar-refractivity contribution is -0.115. The molecule has 2 rings (SSSR count). The highest BCUT2D eigenvalue weighted by Gasteiger charge is 2.23. The van der Waals surface area contributed by atoms with E-state index in [1.165, 1.54) is 6.92 Å². The highest BCUT2D eigenvalue weighted by Crippen LogP contribution is 2.25. The van der Waals surface area contributed by atoms with Gasteiger partial charge in [-0.3, -0.25) is 4.79 Å². The van der Waals surface area contributed by atoms with Crippen molar-refractivity contribution in [3.8, 4) is 0 Å². The van der Waals surface area contributed by atoms with E-state index >= 15 is 0 Å². The van der Waals surface area contributed by atoms with Crippen LogP contribution in [0, 0.1) is 0 Å². The van der Waals surface area contributed by atoms with Crippen molar-refractivity contribution in [3.05, 3.63) is 23.8 Å². The number of carbonyl (C=O) groups excluding carboxylic acids is 1. The van der Waals surface area contributed by atoms with E-state index in [1.54, 1.807) is 6.07 Å². The lowest BCUT2D eigenvalue weighted by atomic mass is 10.0. The molecule has 1 aliphatic rings. The van der Waals surface area contributed by atoms with E-state index in [2.05, 4.69) is 10.6 Å². The summed E-state index contributed by atoms with van der Waals surface area (Å²) in [6.45, 7) is 2.36. The Morgan fingerprint density at radius 3 is 2.84 bits per heavy atom. The summed E-state index contributed by atoms with van der Waals surface area (Å²) in [5, 5.41) is 4.89. The Morgan fingerprint density at radius 1 is 1.42 bits per heavy atom. The van der Waals surface area contributed by atoms with Crippen molar-refractivity contribution in [2.75, 3.05) is 23.4 Å². The van der Waals surface area contributed by atoms with Gasteiger partial charge in [-0.1, -0.05) is 0 Å². The molecule has 1 amide bonds. The molecule has 1 aromatic rings. The summed E-state index contributed by atoms with van der Waals surface area (Å²) in [5.74, 6) is -0.494. The van der Waals surface area contributed by atoms with Crippen LogP contribution in [0.15, 0.2) is 18.2 Å². The Morgan fingerprint density at radius 2 is 2.16 bits per heavy atom.